The van der Waals surface area contributed by atoms with Gasteiger partial charge in [-0.15, -0.1) is 11.3 Å². The molecule has 0 unspecified atom stereocenters. The second-order valence-corrected chi connectivity index (χ2v) is 5.48. The first-order chi connectivity index (χ1) is 11.1. The lowest BCUT2D eigenvalue weighted by atomic mass is 10.3. The molecule has 8 nitrogen and oxygen atoms in total. The van der Waals surface area contributed by atoms with E-state index in [2.05, 4.69) is 20.4 Å². The van der Waals surface area contributed by atoms with Crippen molar-refractivity contribution in [1.82, 2.24) is 19.7 Å². The summed E-state index contributed by atoms with van der Waals surface area (Å²) >= 11 is 1.35. The van der Waals surface area contributed by atoms with Crippen LogP contribution in [0, 0.1) is 0 Å². The van der Waals surface area contributed by atoms with Crippen molar-refractivity contribution in [2.24, 2.45) is 12.8 Å². The van der Waals surface area contributed by atoms with Crippen LogP contribution >= 0.6 is 11.3 Å². The zero-order chi connectivity index (χ0) is 16.4. The van der Waals surface area contributed by atoms with E-state index < -0.39 is 11.8 Å². The summed E-state index contributed by atoms with van der Waals surface area (Å²) in [6.45, 7) is 0. The Bertz CT molecular complexity index is 871. The standard InChI is InChI=1S/C14H12N6O2S/c1-20-11(12(15)21)9(6-17-20)18-13(22)10-7-23-14(19-10)8-2-4-16-5-3-8/h2-7H,1H3,(H2,15,21)(H,18,22). The van der Waals surface area contributed by atoms with E-state index in [0.717, 1.165) is 5.56 Å². The lowest BCUT2D eigenvalue weighted by molar-refractivity contribution is 0.0992. The number of hydrogen-bond donors (Lipinski definition) is 2. The van der Waals surface area contributed by atoms with Crippen molar-refractivity contribution in [2.45, 2.75) is 0 Å². The van der Waals surface area contributed by atoms with Crippen molar-refractivity contribution in [2.75, 3.05) is 5.32 Å². The second kappa shape index (κ2) is 5.97. The normalized spacial score (nSPS) is 10.5. The van der Waals surface area contributed by atoms with Gasteiger partial charge in [-0.1, -0.05) is 0 Å². The van der Waals surface area contributed by atoms with E-state index in [9.17, 15) is 9.59 Å². The lowest BCUT2D eigenvalue weighted by Crippen LogP contribution is -2.20. The number of thiazole rings is 1. The van der Waals surface area contributed by atoms with Crippen LogP contribution in [0.1, 0.15) is 21.0 Å². The molecule has 3 aromatic heterocycles. The molecular weight excluding hydrogens is 316 g/mol. The summed E-state index contributed by atoms with van der Waals surface area (Å²) in [4.78, 5) is 31.9. The monoisotopic (exact) mass is 328 g/mol. The van der Waals surface area contributed by atoms with Crippen molar-refractivity contribution in [3.63, 3.8) is 0 Å². The zero-order valence-electron chi connectivity index (χ0n) is 12.1. The Hall–Kier alpha value is -3.07. The third kappa shape index (κ3) is 2.94. The van der Waals surface area contributed by atoms with Crippen LogP contribution in [0.25, 0.3) is 10.6 Å². The fraction of sp³-hybridized carbons (Fsp3) is 0.0714. The maximum absolute atomic E-state index is 12.3. The summed E-state index contributed by atoms with van der Waals surface area (Å²) in [5, 5.41) is 8.87. The summed E-state index contributed by atoms with van der Waals surface area (Å²) in [5.74, 6) is -1.10. The fourth-order valence-corrected chi connectivity index (χ4v) is 2.82. The molecule has 0 radical (unpaired) electrons. The molecule has 3 N–H and O–H groups in total. The Morgan fingerprint density at radius 3 is 2.74 bits per heavy atom. The van der Waals surface area contributed by atoms with E-state index in [-0.39, 0.29) is 17.1 Å². The van der Waals surface area contributed by atoms with Gasteiger partial charge in [0.25, 0.3) is 11.8 Å². The van der Waals surface area contributed by atoms with E-state index in [0.29, 0.717) is 5.01 Å². The molecule has 3 heterocycles. The maximum atomic E-state index is 12.3. The van der Waals surface area contributed by atoms with Gasteiger partial charge in [-0.2, -0.15) is 5.10 Å². The third-order valence-electron chi connectivity index (χ3n) is 3.08. The SMILES string of the molecule is Cn1ncc(NC(=O)c2csc(-c3ccncc3)n2)c1C(N)=O. The summed E-state index contributed by atoms with van der Waals surface area (Å²) < 4.78 is 1.31. The first kappa shape index (κ1) is 14.9. The van der Waals surface area contributed by atoms with Gasteiger partial charge in [0, 0.05) is 30.4 Å². The molecule has 0 aliphatic carbocycles. The number of aryl methyl sites for hydroxylation is 1. The van der Waals surface area contributed by atoms with Gasteiger partial charge < -0.3 is 11.1 Å². The van der Waals surface area contributed by atoms with Crippen LogP contribution in [-0.4, -0.2) is 31.6 Å². The molecule has 0 aliphatic heterocycles. The topological polar surface area (TPSA) is 116 Å². The highest BCUT2D eigenvalue weighted by Crippen LogP contribution is 2.23. The number of carbonyl (C=O) groups is 2. The minimum absolute atomic E-state index is 0.128. The van der Waals surface area contributed by atoms with Crippen LogP contribution in [0.5, 0.6) is 0 Å². The number of nitrogens with two attached hydrogens (primary N) is 1. The molecule has 0 atom stereocenters. The number of nitrogens with one attached hydrogen (secondary N) is 1. The number of primary amides is 1. The molecule has 0 bridgehead atoms. The quantitative estimate of drug-likeness (QED) is 0.748. The molecular formula is C14H12N6O2S. The van der Waals surface area contributed by atoms with Crippen molar-refractivity contribution in [3.05, 3.63) is 47.5 Å². The molecule has 3 rings (SSSR count). The Kier molecular flexibility index (Phi) is 3.85. The van der Waals surface area contributed by atoms with E-state index in [1.807, 2.05) is 12.1 Å². The van der Waals surface area contributed by atoms with E-state index in [1.54, 1.807) is 24.8 Å². The highest BCUT2D eigenvalue weighted by atomic mass is 32.1. The Labute approximate surface area is 135 Å². The Balaban J connectivity index is 1.83. The second-order valence-electron chi connectivity index (χ2n) is 4.62. The number of nitrogens with zero attached hydrogens (tertiary/aromatic N) is 4. The van der Waals surface area contributed by atoms with Crippen LogP contribution in [0.15, 0.2) is 36.1 Å². The molecule has 0 aliphatic rings. The van der Waals surface area contributed by atoms with Gasteiger partial charge in [-0.05, 0) is 12.1 Å². The van der Waals surface area contributed by atoms with Crippen molar-refractivity contribution < 1.29 is 9.59 Å². The molecule has 23 heavy (non-hydrogen) atoms. The molecule has 0 aromatic carbocycles. The minimum Gasteiger partial charge on any atom is -0.364 e. The van der Waals surface area contributed by atoms with Gasteiger partial charge in [-0.3, -0.25) is 19.3 Å². The van der Waals surface area contributed by atoms with Crippen LogP contribution in [0.4, 0.5) is 5.69 Å². The average molecular weight is 328 g/mol. The van der Waals surface area contributed by atoms with E-state index in [1.165, 1.54) is 22.2 Å². The summed E-state index contributed by atoms with van der Waals surface area (Å²) in [6.07, 6.45) is 4.69. The number of rotatable bonds is 4. The highest BCUT2D eigenvalue weighted by Gasteiger charge is 2.18. The smallest absolute Gasteiger partial charge is 0.275 e. The van der Waals surface area contributed by atoms with Crippen LogP contribution in [0.2, 0.25) is 0 Å². The van der Waals surface area contributed by atoms with Gasteiger partial charge in [-0.25, -0.2) is 4.98 Å². The first-order valence-corrected chi connectivity index (χ1v) is 7.43. The van der Waals surface area contributed by atoms with Gasteiger partial charge in [0.2, 0.25) is 0 Å². The maximum Gasteiger partial charge on any atom is 0.275 e. The van der Waals surface area contributed by atoms with Gasteiger partial charge in [0.1, 0.15) is 16.4 Å². The Morgan fingerprint density at radius 2 is 2.04 bits per heavy atom. The van der Waals surface area contributed by atoms with Crippen molar-refractivity contribution in [3.8, 4) is 10.6 Å². The summed E-state index contributed by atoms with van der Waals surface area (Å²) in [5.41, 5.74) is 6.79. The van der Waals surface area contributed by atoms with Gasteiger partial charge >= 0.3 is 0 Å². The highest BCUT2D eigenvalue weighted by molar-refractivity contribution is 7.13. The predicted octanol–water partition coefficient (Wildman–Crippen LogP) is 1.29. The molecule has 0 saturated heterocycles. The third-order valence-corrected chi connectivity index (χ3v) is 3.98. The largest absolute Gasteiger partial charge is 0.364 e. The van der Waals surface area contributed by atoms with Crippen LogP contribution in [0.3, 0.4) is 0 Å². The van der Waals surface area contributed by atoms with Crippen LogP contribution in [-0.2, 0) is 7.05 Å². The average Bonchev–Trinajstić information content (AvgIpc) is 3.15. The van der Waals surface area contributed by atoms with E-state index in [4.69, 9.17) is 5.73 Å². The number of amides is 2. The fourth-order valence-electron chi connectivity index (χ4n) is 2.01. The summed E-state index contributed by atoms with van der Waals surface area (Å²) in [7, 11) is 1.57. The molecule has 2 amide bonds. The number of carbonyl (C=O) groups excluding carboxylic acids is 2. The molecule has 116 valence electrons. The lowest BCUT2D eigenvalue weighted by Gasteiger charge is -2.03. The number of aromatic nitrogens is 4. The Morgan fingerprint density at radius 1 is 1.30 bits per heavy atom. The van der Waals surface area contributed by atoms with Crippen molar-refractivity contribution >= 4 is 28.8 Å². The molecule has 0 saturated carbocycles. The predicted molar refractivity (Wildman–Crippen MR) is 85.0 cm³/mol. The minimum atomic E-state index is -0.670. The summed E-state index contributed by atoms with van der Waals surface area (Å²) in [6, 6.07) is 3.62. The van der Waals surface area contributed by atoms with Gasteiger partial charge in [0.05, 0.1) is 11.9 Å². The van der Waals surface area contributed by atoms with E-state index >= 15 is 0 Å². The van der Waals surface area contributed by atoms with Gasteiger partial charge in [0.15, 0.2) is 0 Å². The zero-order valence-corrected chi connectivity index (χ0v) is 12.9. The first-order valence-electron chi connectivity index (χ1n) is 6.55. The molecule has 9 heteroatoms. The number of anilines is 1. The molecule has 3 aromatic rings. The number of pyridine rings is 1. The van der Waals surface area contributed by atoms with Crippen LogP contribution < -0.4 is 11.1 Å². The number of hydrogen-bond acceptors (Lipinski definition) is 6. The molecule has 0 fully saturated rings. The molecule has 0 spiro atoms. The van der Waals surface area contributed by atoms with Crippen molar-refractivity contribution in [1.29, 1.82) is 0 Å².